The van der Waals surface area contributed by atoms with Crippen molar-refractivity contribution in [2.24, 2.45) is 5.73 Å². The molecule has 0 aliphatic rings. The number of carbonyl (C=O) groups is 2. The Kier molecular flexibility index (Phi) is 5.69. The number of allylic oxidation sites excluding steroid dienone is 1. The monoisotopic (exact) mass is 308 g/mol. The Morgan fingerprint density at radius 2 is 1.65 bits per heavy atom. The first-order valence-corrected chi connectivity index (χ1v) is 7.48. The fraction of sp³-hybridized carbons (Fsp3) is 0.158. The lowest BCUT2D eigenvalue weighted by Gasteiger charge is -2.14. The number of primary amides is 1. The van der Waals surface area contributed by atoms with E-state index in [9.17, 15) is 9.59 Å². The van der Waals surface area contributed by atoms with E-state index in [4.69, 9.17) is 5.73 Å². The van der Waals surface area contributed by atoms with Crippen molar-refractivity contribution >= 4 is 11.8 Å². The number of amides is 2. The van der Waals surface area contributed by atoms with Gasteiger partial charge in [-0.1, -0.05) is 48.5 Å². The van der Waals surface area contributed by atoms with Gasteiger partial charge in [0, 0.05) is 5.56 Å². The molecule has 0 aliphatic carbocycles. The van der Waals surface area contributed by atoms with E-state index in [1.54, 1.807) is 18.2 Å². The van der Waals surface area contributed by atoms with Crippen molar-refractivity contribution < 1.29 is 9.59 Å². The third kappa shape index (κ3) is 4.54. The van der Waals surface area contributed by atoms with Gasteiger partial charge in [-0.25, -0.2) is 0 Å². The summed E-state index contributed by atoms with van der Waals surface area (Å²) in [6, 6.07) is 16.5. The largest absolute Gasteiger partial charge is 0.368 e. The fourth-order valence-corrected chi connectivity index (χ4v) is 2.26. The second-order valence-corrected chi connectivity index (χ2v) is 5.24. The Bertz CT molecular complexity index is 678. The number of nitrogens with one attached hydrogen (secondary N) is 1. The third-order valence-electron chi connectivity index (χ3n) is 3.56. The lowest BCUT2D eigenvalue weighted by Crippen LogP contribution is -2.44. The Morgan fingerprint density at radius 1 is 1.04 bits per heavy atom. The van der Waals surface area contributed by atoms with E-state index in [0.29, 0.717) is 18.4 Å². The molecule has 0 heterocycles. The lowest BCUT2D eigenvalue weighted by molar-refractivity contribution is -0.119. The van der Waals surface area contributed by atoms with Crippen LogP contribution in [0.1, 0.15) is 23.2 Å². The number of nitrogens with two attached hydrogens (primary N) is 1. The van der Waals surface area contributed by atoms with Crippen LogP contribution in [0.5, 0.6) is 0 Å². The van der Waals surface area contributed by atoms with Crippen LogP contribution in [-0.4, -0.2) is 17.9 Å². The molecule has 0 spiro atoms. The second kappa shape index (κ2) is 7.94. The van der Waals surface area contributed by atoms with Gasteiger partial charge in [0.15, 0.2) is 0 Å². The van der Waals surface area contributed by atoms with Crippen molar-refractivity contribution in [1.82, 2.24) is 5.32 Å². The molecule has 0 aliphatic heterocycles. The first-order valence-electron chi connectivity index (χ1n) is 7.48. The molecular weight excluding hydrogens is 288 g/mol. The Morgan fingerprint density at radius 3 is 2.22 bits per heavy atom. The van der Waals surface area contributed by atoms with Crippen LogP contribution in [-0.2, 0) is 4.79 Å². The highest BCUT2D eigenvalue weighted by Gasteiger charge is 2.18. The molecule has 2 amide bonds. The van der Waals surface area contributed by atoms with E-state index in [1.807, 2.05) is 42.5 Å². The van der Waals surface area contributed by atoms with Crippen LogP contribution < -0.4 is 11.1 Å². The molecule has 3 N–H and O–H groups in total. The van der Waals surface area contributed by atoms with Gasteiger partial charge >= 0.3 is 0 Å². The van der Waals surface area contributed by atoms with Gasteiger partial charge in [0.1, 0.15) is 6.04 Å². The summed E-state index contributed by atoms with van der Waals surface area (Å²) < 4.78 is 0. The molecule has 0 fully saturated rings. The van der Waals surface area contributed by atoms with E-state index in [-0.39, 0.29) is 5.91 Å². The van der Waals surface area contributed by atoms with Gasteiger partial charge in [-0.15, -0.1) is 6.58 Å². The van der Waals surface area contributed by atoms with Crippen molar-refractivity contribution in [3.8, 4) is 11.1 Å². The Labute approximate surface area is 136 Å². The third-order valence-corrected chi connectivity index (χ3v) is 3.56. The molecule has 0 radical (unpaired) electrons. The summed E-state index contributed by atoms with van der Waals surface area (Å²) in [6.07, 6.45) is 2.75. The minimum atomic E-state index is -0.686. The molecule has 2 aromatic rings. The van der Waals surface area contributed by atoms with E-state index < -0.39 is 11.9 Å². The molecule has 0 aromatic heterocycles. The van der Waals surface area contributed by atoms with Crippen molar-refractivity contribution in [2.45, 2.75) is 18.9 Å². The number of benzene rings is 2. The molecule has 1 atom stereocenters. The average molecular weight is 308 g/mol. The van der Waals surface area contributed by atoms with Crippen LogP contribution in [0.25, 0.3) is 11.1 Å². The summed E-state index contributed by atoms with van der Waals surface area (Å²) in [5.74, 6) is -0.849. The summed E-state index contributed by atoms with van der Waals surface area (Å²) in [7, 11) is 0. The molecule has 2 rings (SSSR count). The Hall–Kier alpha value is -2.88. The molecule has 0 saturated heterocycles. The number of hydrogen-bond donors (Lipinski definition) is 2. The first-order chi connectivity index (χ1) is 11.1. The van der Waals surface area contributed by atoms with Crippen LogP contribution in [0.3, 0.4) is 0 Å². The van der Waals surface area contributed by atoms with Crippen LogP contribution >= 0.6 is 0 Å². The van der Waals surface area contributed by atoms with Crippen molar-refractivity contribution in [3.05, 3.63) is 72.8 Å². The van der Waals surface area contributed by atoms with Gasteiger partial charge in [0.25, 0.3) is 5.91 Å². The zero-order valence-corrected chi connectivity index (χ0v) is 12.9. The van der Waals surface area contributed by atoms with Crippen LogP contribution in [0.15, 0.2) is 67.3 Å². The smallest absolute Gasteiger partial charge is 0.251 e. The summed E-state index contributed by atoms with van der Waals surface area (Å²) in [5, 5.41) is 2.67. The predicted molar refractivity (Wildman–Crippen MR) is 91.8 cm³/mol. The number of carbonyl (C=O) groups excluding carboxylic acids is 2. The van der Waals surface area contributed by atoms with Gasteiger partial charge in [-0.05, 0) is 36.1 Å². The summed E-state index contributed by atoms with van der Waals surface area (Å²) in [5.41, 5.74) is 7.92. The highest BCUT2D eigenvalue weighted by atomic mass is 16.2. The standard InChI is InChI=1S/C19H20N2O2/c1-2-3-9-17(18(20)22)21-19(23)16-12-10-15(11-13-16)14-7-5-4-6-8-14/h2,4-8,10-13,17H,1,3,9H2,(H2,20,22)(H,21,23)/t17-/m1/s1. The zero-order chi connectivity index (χ0) is 16.7. The van der Waals surface area contributed by atoms with Gasteiger partial charge < -0.3 is 11.1 Å². The summed E-state index contributed by atoms with van der Waals surface area (Å²) >= 11 is 0. The van der Waals surface area contributed by atoms with Gasteiger partial charge in [0.2, 0.25) is 5.91 Å². The molecule has 2 aromatic carbocycles. The lowest BCUT2D eigenvalue weighted by atomic mass is 10.0. The highest BCUT2D eigenvalue weighted by Crippen LogP contribution is 2.19. The topological polar surface area (TPSA) is 72.2 Å². The molecule has 23 heavy (non-hydrogen) atoms. The fourth-order valence-electron chi connectivity index (χ4n) is 2.26. The molecule has 0 bridgehead atoms. The minimum absolute atomic E-state index is 0.308. The molecule has 0 saturated carbocycles. The van der Waals surface area contributed by atoms with Crippen molar-refractivity contribution in [3.63, 3.8) is 0 Å². The average Bonchev–Trinajstić information content (AvgIpc) is 2.59. The highest BCUT2D eigenvalue weighted by molar-refractivity contribution is 5.97. The maximum Gasteiger partial charge on any atom is 0.251 e. The van der Waals surface area contributed by atoms with Gasteiger partial charge in [0.05, 0.1) is 0 Å². The SMILES string of the molecule is C=CCC[C@@H](NC(=O)c1ccc(-c2ccccc2)cc1)C(N)=O. The Balaban J connectivity index is 2.07. The van der Waals surface area contributed by atoms with Gasteiger partial charge in [-0.2, -0.15) is 0 Å². The van der Waals surface area contributed by atoms with E-state index in [1.165, 1.54) is 0 Å². The summed E-state index contributed by atoms with van der Waals surface area (Å²) in [4.78, 5) is 23.6. The first kappa shape index (κ1) is 16.5. The van der Waals surface area contributed by atoms with Gasteiger partial charge in [-0.3, -0.25) is 9.59 Å². The molecule has 0 unspecified atom stereocenters. The molecule has 118 valence electrons. The quantitative estimate of drug-likeness (QED) is 0.772. The van der Waals surface area contributed by atoms with Crippen LogP contribution in [0.2, 0.25) is 0 Å². The van der Waals surface area contributed by atoms with Crippen molar-refractivity contribution in [2.75, 3.05) is 0 Å². The maximum atomic E-state index is 12.2. The van der Waals surface area contributed by atoms with Crippen LogP contribution in [0.4, 0.5) is 0 Å². The number of hydrogen-bond acceptors (Lipinski definition) is 2. The van der Waals surface area contributed by atoms with E-state index in [2.05, 4.69) is 11.9 Å². The maximum absolute atomic E-state index is 12.2. The van der Waals surface area contributed by atoms with E-state index >= 15 is 0 Å². The normalized spacial score (nSPS) is 11.5. The van der Waals surface area contributed by atoms with Crippen molar-refractivity contribution in [1.29, 1.82) is 0 Å². The molecular formula is C19H20N2O2. The molecule has 4 heteroatoms. The minimum Gasteiger partial charge on any atom is -0.368 e. The second-order valence-electron chi connectivity index (χ2n) is 5.24. The number of rotatable bonds is 7. The van der Waals surface area contributed by atoms with E-state index in [0.717, 1.165) is 11.1 Å². The molecule has 4 nitrogen and oxygen atoms in total. The van der Waals surface area contributed by atoms with Crippen LogP contribution in [0, 0.1) is 0 Å². The summed E-state index contributed by atoms with van der Waals surface area (Å²) in [6.45, 7) is 3.60. The zero-order valence-electron chi connectivity index (χ0n) is 12.9. The predicted octanol–water partition coefficient (Wildman–Crippen LogP) is 2.90.